The minimum absolute atomic E-state index is 0.0766. The Morgan fingerprint density at radius 1 is 1.16 bits per heavy atom. The van der Waals surface area contributed by atoms with E-state index in [1.54, 1.807) is 16.8 Å². The number of carbonyl (C=O) groups excluding carboxylic acids is 1. The highest BCUT2D eigenvalue weighted by Gasteiger charge is 2.34. The van der Waals surface area contributed by atoms with E-state index < -0.39 is 0 Å². The Morgan fingerprint density at radius 3 is 2.48 bits per heavy atom. The maximum absolute atomic E-state index is 13.4. The van der Waals surface area contributed by atoms with Crippen LogP contribution in [0.25, 0.3) is 5.69 Å². The number of rotatable bonds is 8. The Kier molecular flexibility index (Phi) is 6.21. The largest absolute Gasteiger partial charge is 0.439 e. The molecule has 2 aromatic carbocycles. The first-order valence-corrected chi connectivity index (χ1v) is 10.7. The minimum atomic E-state index is -0.325. The normalized spacial score (nSPS) is 13.1. The summed E-state index contributed by atoms with van der Waals surface area (Å²) in [5.74, 6) is 0.734. The van der Waals surface area contributed by atoms with Gasteiger partial charge in [0.25, 0.3) is 0 Å². The fourth-order valence-electron chi connectivity index (χ4n) is 3.56. The van der Waals surface area contributed by atoms with E-state index in [4.69, 9.17) is 9.84 Å². The van der Waals surface area contributed by atoms with Crippen molar-refractivity contribution in [1.29, 1.82) is 0 Å². The van der Waals surface area contributed by atoms with Gasteiger partial charge in [-0.1, -0.05) is 25.1 Å². The lowest BCUT2D eigenvalue weighted by Crippen LogP contribution is -2.41. The number of nitrogens with one attached hydrogen (secondary N) is 1. The van der Waals surface area contributed by atoms with Crippen LogP contribution in [0.15, 0.2) is 54.6 Å². The van der Waals surface area contributed by atoms with E-state index in [0.29, 0.717) is 31.1 Å². The average molecular weight is 423 g/mol. The lowest BCUT2D eigenvalue weighted by molar-refractivity contribution is 0.192. The van der Waals surface area contributed by atoms with Gasteiger partial charge in [0.15, 0.2) is 0 Å². The Morgan fingerprint density at radius 2 is 1.87 bits per heavy atom. The molecule has 0 unspecified atom stereocenters. The molecule has 2 amide bonds. The van der Waals surface area contributed by atoms with Gasteiger partial charge in [-0.2, -0.15) is 5.10 Å². The van der Waals surface area contributed by atoms with Crippen LogP contribution in [-0.4, -0.2) is 33.3 Å². The molecule has 0 spiro atoms. The van der Waals surface area contributed by atoms with E-state index in [9.17, 15) is 9.18 Å². The third kappa shape index (κ3) is 4.71. The van der Waals surface area contributed by atoms with Gasteiger partial charge >= 0.3 is 6.03 Å². The van der Waals surface area contributed by atoms with Crippen LogP contribution in [0.5, 0.6) is 11.6 Å². The Hall–Kier alpha value is -3.35. The van der Waals surface area contributed by atoms with Crippen molar-refractivity contribution in [2.45, 2.75) is 45.7 Å². The Balaban J connectivity index is 1.77. The standard InChI is InChI=1S/C24H27FN4O2/c1-3-22-21(16-28(18-12-13-18)24(30)26-4-2)23(31-20-14-10-17(25)11-15-20)29(27-22)19-8-6-5-7-9-19/h5-11,14-15,18H,3-4,12-13,16H2,1-2H3,(H,26,30). The number of amides is 2. The van der Waals surface area contributed by atoms with E-state index >= 15 is 0 Å². The molecule has 1 aromatic heterocycles. The van der Waals surface area contributed by atoms with Gasteiger partial charge in [0.05, 0.1) is 23.5 Å². The molecular weight excluding hydrogens is 395 g/mol. The quantitative estimate of drug-likeness (QED) is 0.552. The van der Waals surface area contributed by atoms with Crippen molar-refractivity contribution in [1.82, 2.24) is 20.0 Å². The average Bonchev–Trinajstić information content (AvgIpc) is 3.57. The molecule has 0 saturated heterocycles. The summed E-state index contributed by atoms with van der Waals surface area (Å²) in [4.78, 5) is 14.6. The number of nitrogens with zero attached hydrogens (tertiary/aromatic N) is 3. The maximum atomic E-state index is 13.4. The number of urea groups is 1. The molecule has 3 aromatic rings. The van der Waals surface area contributed by atoms with Crippen LogP contribution in [0.2, 0.25) is 0 Å². The van der Waals surface area contributed by atoms with Gasteiger partial charge in [0.2, 0.25) is 5.88 Å². The van der Waals surface area contributed by atoms with Gasteiger partial charge in [-0.3, -0.25) is 0 Å². The fraction of sp³-hybridized carbons (Fsp3) is 0.333. The smallest absolute Gasteiger partial charge is 0.317 e. The van der Waals surface area contributed by atoms with Crippen molar-refractivity contribution in [3.8, 4) is 17.3 Å². The number of benzene rings is 2. The molecule has 1 N–H and O–H groups in total. The molecule has 0 radical (unpaired) electrons. The van der Waals surface area contributed by atoms with Crippen molar-refractivity contribution in [2.75, 3.05) is 6.54 Å². The summed E-state index contributed by atoms with van der Waals surface area (Å²) < 4.78 is 21.4. The first kappa shape index (κ1) is 20.9. The highest BCUT2D eigenvalue weighted by molar-refractivity contribution is 5.75. The zero-order chi connectivity index (χ0) is 21.8. The number of hydrogen-bond acceptors (Lipinski definition) is 3. The number of aryl methyl sites for hydroxylation is 1. The van der Waals surface area contributed by atoms with E-state index in [2.05, 4.69) is 5.32 Å². The van der Waals surface area contributed by atoms with Crippen LogP contribution in [0, 0.1) is 5.82 Å². The monoisotopic (exact) mass is 422 g/mol. The molecule has 4 rings (SSSR count). The van der Waals surface area contributed by atoms with Crippen molar-refractivity contribution >= 4 is 6.03 Å². The summed E-state index contributed by atoms with van der Waals surface area (Å²) in [5, 5.41) is 7.73. The summed E-state index contributed by atoms with van der Waals surface area (Å²) in [6.07, 6.45) is 2.70. The molecule has 0 atom stereocenters. The molecule has 1 fully saturated rings. The van der Waals surface area contributed by atoms with Crippen LogP contribution >= 0.6 is 0 Å². The highest BCUT2D eigenvalue weighted by Crippen LogP contribution is 2.35. The number of halogens is 1. The first-order valence-electron chi connectivity index (χ1n) is 10.7. The molecule has 0 aliphatic heterocycles. The molecule has 31 heavy (non-hydrogen) atoms. The maximum Gasteiger partial charge on any atom is 0.317 e. The molecule has 1 heterocycles. The molecule has 1 aliphatic rings. The number of para-hydroxylation sites is 1. The van der Waals surface area contributed by atoms with Gasteiger partial charge in [-0.05, 0) is 62.6 Å². The third-order valence-electron chi connectivity index (χ3n) is 5.29. The SMILES string of the molecule is CCNC(=O)N(Cc1c(CC)nn(-c2ccccc2)c1Oc1ccc(F)cc1)C1CC1. The number of carbonyl (C=O) groups is 1. The second-order valence-electron chi connectivity index (χ2n) is 7.58. The van der Waals surface area contributed by atoms with Crippen LogP contribution in [0.1, 0.15) is 37.9 Å². The topological polar surface area (TPSA) is 59.4 Å². The van der Waals surface area contributed by atoms with Crippen LogP contribution in [0.4, 0.5) is 9.18 Å². The predicted octanol–water partition coefficient (Wildman–Crippen LogP) is 5.06. The summed E-state index contributed by atoms with van der Waals surface area (Å²) in [6.45, 7) is 4.93. The van der Waals surface area contributed by atoms with Crippen LogP contribution in [0.3, 0.4) is 0 Å². The van der Waals surface area contributed by atoms with Crippen molar-refractivity contribution in [3.63, 3.8) is 0 Å². The van der Waals surface area contributed by atoms with E-state index in [0.717, 1.165) is 29.8 Å². The fourth-order valence-corrected chi connectivity index (χ4v) is 3.56. The summed E-state index contributed by atoms with van der Waals surface area (Å²) in [7, 11) is 0. The van der Waals surface area contributed by atoms with E-state index in [1.165, 1.54) is 12.1 Å². The van der Waals surface area contributed by atoms with E-state index in [-0.39, 0.29) is 17.9 Å². The molecule has 1 saturated carbocycles. The molecule has 1 aliphatic carbocycles. The van der Waals surface area contributed by atoms with Crippen molar-refractivity contribution < 1.29 is 13.9 Å². The van der Waals surface area contributed by atoms with Crippen LogP contribution in [-0.2, 0) is 13.0 Å². The molecule has 7 heteroatoms. The molecule has 162 valence electrons. The van der Waals surface area contributed by atoms with Gasteiger partial charge in [0, 0.05) is 12.6 Å². The number of hydrogen-bond donors (Lipinski definition) is 1. The second-order valence-corrected chi connectivity index (χ2v) is 7.58. The van der Waals surface area contributed by atoms with Gasteiger partial charge < -0.3 is 15.0 Å². The Labute approximate surface area is 181 Å². The van der Waals surface area contributed by atoms with Crippen molar-refractivity contribution in [3.05, 3.63) is 71.7 Å². The lowest BCUT2D eigenvalue weighted by atomic mass is 10.2. The summed E-state index contributed by atoms with van der Waals surface area (Å²) in [5.41, 5.74) is 2.60. The summed E-state index contributed by atoms with van der Waals surface area (Å²) >= 11 is 0. The van der Waals surface area contributed by atoms with Crippen molar-refractivity contribution in [2.24, 2.45) is 0 Å². The summed E-state index contributed by atoms with van der Waals surface area (Å²) in [6, 6.07) is 15.8. The zero-order valence-corrected chi connectivity index (χ0v) is 17.8. The van der Waals surface area contributed by atoms with Crippen LogP contribution < -0.4 is 10.1 Å². The number of ether oxygens (including phenoxy) is 1. The van der Waals surface area contributed by atoms with E-state index in [1.807, 2.05) is 49.1 Å². The minimum Gasteiger partial charge on any atom is -0.439 e. The van der Waals surface area contributed by atoms with Gasteiger partial charge in [-0.15, -0.1) is 0 Å². The van der Waals surface area contributed by atoms with Gasteiger partial charge in [0.1, 0.15) is 11.6 Å². The third-order valence-corrected chi connectivity index (χ3v) is 5.29. The molecular formula is C24H27FN4O2. The van der Waals surface area contributed by atoms with Gasteiger partial charge in [-0.25, -0.2) is 13.9 Å². The lowest BCUT2D eigenvalue weighted by Gasteiger charge is -2.23. The first-order chi connectivity index (χ1) is 15.1. The predicted molar refractivity (Wildman–Crippen MR) is 117 cm³/mol. The Bertz CT molecular complexity index is 1030. The number of aromatic nitrogens is 2. The molecule has 0 bridgehead atoms. The highest BCUT2D eigenvalue weighted by atomic mass is 19.1. The second kappa shape index (κ2) is 9.20. The molecule has 6 nitrogen and oxygen atoms in total. The zero-order valence-electron chi connectivity index (χ0n) is 17.8.